The van der Waals surface area contributed by atoms with Crippen LogP contribution in [0.3, 0.4) is 0 Å². The van der Waals surface area contributed by atoms with Gasteiger partial charge in [0.1, 0.15) is 4.21 Å². The molecule has 108 valence electrons. The summed E-state index contributed by atoms with van der Waals surface area (Å²) in [5, 5.41) is 9.61. The Hall–Kier alpha value is -0.920. The summed E-state index contributed by atoms with van der Waals surface area (Å²) in [5.74, 6) is 0. The Kier molecular flexibility index (Phi) is 5.17. The Balaban J connectivity index is 1.94. The third-order valence-electron chi connectivity index (χ3n) is 2.68. The summed E-state index contributed by atoms with van der Waals surface area (Å²) < 4.78 is 26.8. The zero-order valence-electron chi connectivity index (χ0n) is 10.5. The summed E-state index contributed by atoms with van der Waals surface area (Å²) >= 11 is 6.85. The second-order valence-corrected chi connectivity index (χ2v) is 7.75. The van der Waals surface area contributed by atoms with Gasteiger partial charge in [-0.25, -0.2) is 13.1 Å². The molecule has 1 aromatic carbocycles. The largest absolute Gasteiger partial charge is 0.391 e. The number of hydrogen-bond donors (Lipinski definition) is 2. The first kappa shape index (κ1) is 15.5. The van der Waals surface area contributed by atoms with Gasteiger partial charge in [-0.3, -0.25) is 0 Å². The molecule has 2 N–H and O–H groups in total. The lowest BCUT2D eigenvalue weighted by Gasteiger charge is -2.05. The van der Waals surface area contributed by atoms with Crippen LogP contribution in [0, 0.1) is 0 Å². The standard InChI is InChI=1S/C13H14ClNO3S2/c14-11-3-1-10(2-4-11)7-8-15-20(17,18)13-6-5-12(9-16)19-13/h1-6,15-16H,7-9H2. The number of halogens is 1. The van der Waals surface area contributed by atoms with Crippen molar-refractivity contribution in [3.05, 3.63) is 51.9 Å². The van der Waals surface area contributed by atoms with Crippen molar-refractivity contribution in [2.45, 2.75) is 17.2 Å². The minimum absolute atomic E-state index is 0.148. The molecule has 0 atom stereocenters. The highest BCUT2D eigenvalue weighted by Crippen LogP contribution is 2.21. The van der Waals surface area contributed by atoms with E-state index in [1.807, 2.05) is 12.1 Å². The second-order valence-electron chi connectivity index (χ2n) is 4.15. The van der Waals surface area contributed by atoms with Gasteiger partial charge in [0.15, 0.2) is 0 Å². The van der Waals surface area contributed by atoms with Crippen LogP contribution in [0.2, 0.25) is 5.02 Å². The number of hydrogen-bond acceptors (Lipinski definition) is 4. The van der Waals surface area contributed by atoms with Gasteiger partial charge in [-0.15, -0.1) is 11.3 Å². The second kappa shape index (κ2) is 6.69. The van der Waals surface area contributed by atoms with Crippen molar-refractivity contribution in [3.63, 3.8) is 0 Å². The highest BCUT2D eigenvalue weighted by molar-refractivity contribution is 7.91. The van der Waals surface area contributed by atoms with Gasteiger partial charge in [-0.1, -0.05) is 23.7 Å². The monoisotopic (exact) mass is 331 g/mol. The van der Waals surface area contributed by atoms with Crippen LogP contribution in [0.25, 0.3) is 0 Å². The van der Waals surface area contributed by atoms with Crippen LogP contribution in [0.4, 0.5) is 0 Å². The van der Waals surface area contributed by atoms with Gasteiger partial charge >= 0.3 is 0 Å². The van der Waals surface area contributed by atoms with Crippen molar-refractivity contribution in [2.75, 3.05) is 6.54 Å². The van der Waals surface area contributed by atoms with Crippen molar-refractivity contribution in [3.8, 4) is 0 Å². The first-order valence-electron chi connectivity index (χ1n) is 5.95. The minimum Gasteiger partial charge on any atom is -0.391 e. The predicted octanol–water partition coefficient (Wildman–Crippen LogP) is 2.41. The van der Waals surface area contributed by atoms with E-state index in [1.165, 1.54) is 6.07 Å². The van der Waals surface area contributed by atoms with Gasteiger partial charge in [0.05, 0.1) is 6.61 Å². The summed E-state index contributed by atoms with van der Waals surface area (Å²) in [7, 11) is -3.50. The van der Waals surface area contributed by atoms with Crippen LogP contribution in [-0.4, -0.2) is 20.1 Å². The zero-order valence-corrected chi connectivity index (χ0v) is 12.9. The molecule has 0 radical (unpaired) electrons. The number of thiophene rings is 1. The fourth-order valence-electron chi connectivity index (χ4n) is 1.64. The number of aliphatic hydroxyl groups is 1. The molecule has 1 heterocycles. The molecule has 0 bridgehead atoms. The molecule has 0 aliphatic rings. The lowest BCUT2D eigenvalue weighted by Crippen LogP contribution is -2.25. The van der Waals surface area contributed by atoms with E-state index in [0.717, 1.165) is 16.9 Å². The van der Waals surface area contributed by atoms with Crippen molar-refractivity contribution in [2.24, 2.45) is 0 Å². The first-order valence-corrected chi connectivity index (χ1v) is 8.63. The van der Waals surface area contributed by atoms with Crippen LogP contribution in [-0.2, 0) is 23.1 Å². The Morgan fingerprint density at radius 2 is 1.85 bits per heavy atom. The van der Waals surface area contributed by atoms with Gasteiger partial charge in [0.2, 0.25) is 10.0 Å². The van der Waals surface area contributed by atoms with Gasteiger partial charge in [-0.2, -0.15) is 0 Å². The maximum absolute atomic E-state index is 12.0. The van der Waals surface area contributed by atoms with Crippen LogP contribution < -0.4 is 4.72 Å². The highest BCUT2D eigenvalue weighted by atomic mass is 35.5. The van der Waals surface area contributed by atoms with E-state index in [4.69, 9.17) is 16.7 Å². The summed E-state index contributed by atoms with van der Waals surface area (Å²) in [6.45, 7) is 0.168. The normalized spacial score (nSPS) is 11.7. The molecule has 2 rings (SSSR count). The van der Waals surface area contributed by atoms with E-state index in [1.54, 1.807) is 18.2 Å². The van der Waals surface area contributed by atoms with Gasteiger partial charge in [-0.05, 0) is 36.2 Å². The number of benzene rings is 1. The molecule has 1 aromatic heterocycles. The quantitative estimate of drug-likeness (QED) is 0.854. The number of rotatable bonds is 6. The Labute approximate surface area is 127 Å². The van der Waals surface area contributed by atoms with Crippen molar-refractivity contribution in [1.29, 1.82) is 0 Å². The summed E-state index contributed by atoms with van der Waals surface area (Å²) in [6.07, 6.45) is 0.592. The average Bonchev–Trinajstić information content (AvgIpc) is 2.90. The number of sulfonamides is 1. The molecule has 0 fully saturated rings. The maximum Gasteiger partial charge on any atom is 0.250 e. The first-order chi connectivity index (χ1) is 9.51. The van der Waals surface area contributed by atoms with E-state index >= 15 is 0 Å². The molecular weight excluding hydrogens is 318 g/mol. The van der Waals surface area contributed by atoms with Crippen molar-refractivity contribution < 1.29 is 13.5 Å². The van der Waals surface area contributed by atoms with E-state index < -0.39 is 10.0 Å². The lowest BCUT2D eigenvalue weighted by molar-refractivity contribution is 0.285. The summed E-state index contributed by atoms with van der Waals surface area (Å²) in [6, 6.07) is 10.4. The Morgan fingerprint density at radius 3 is 2.45 bits per heavy atom. The van der Waals surface area contributed by atoms with E-state index in [9.17, 15) is 8.42 Å². The SMILES string of the molecule is O=S(=O)(NCCc1ccc(Cl)cc1)c1ccc(CO)s1. The fraction of sp³-hybridized carbons (Fsp3) is 0.231. The topological polar surface area (TPSA) is 66.4 Å². The lowest BCUT2D eigenvalue weighted by atomic mass is 10.2. The molecule has 0 aliphatic heterocycles. The number of aliphatic hydroxyl groups excluding tert-OH is 1. The molecule has 0 amide bonds. The van der Waals surface area contributed by atoms with Crippen molar-refractivity contribution in [1.82, 2.24) is 4.72 Å². The van der Waals surface area contributed by atoms with E-state index in [2.05, 4.69) is 4.72 Å². The molecule has 0 unspecified atom stereocenters. The number of nitrogens with one attached hydrogen (secondary N) is 1. The average molecular weight is 332 g/mol. The van der Waals surface area contributed by atoms with Crippen molar-refractivity contribution >= 4 is 33.0 Å². The summed E-state index contributed by atoms with van der Waals surface area (Å²) in [5.41, 5.74) is 1.01. The molecule has 0 saturated carbocycles. The van der Waals surface area contributed by atoms with E-state index in [-0.39, 0.29) is 10.8 Å². The van der Waals surface area contributed by atoms with Gasteiger partial charge in [0, 0.05) is 16.4 Å². The Bertz CT molecular complexity index is 665. The molecule has 0 spiro atoms. The summed E-state index contributed by atoms with van der Waals surface area (Å²) in [4.78, 5) is 0.628. The third kappa shape index (κ3) is 4.04. The molecular formula is C13H14ClNO3S2. The third-order valence-corrected chi connectivity index (χ3v) is 5.95. The predicted molar refractivity (Wildman–Crippen MR) is 80.6 cm³/mol. The van der Waals surface area contributed by atoms with Crippen LogP contribution in [0.1, 0.15) is 10.4 Å². The maximum atomic E-state index is 12.0. The molecule has 7 heteroatoms. The van der Waals surface area contributed by atoms with Crippen LogP contribution >= 0.6 is 22.9 Å². The Morgan fingerprint density at radius 1 is 1.15 bits per heavy atom. The molecule has 2 aromatic rings. The van der Waals surface area contributed by atoms with Gasteiger partial charge < -0.3 is 5.11 Å². The molecule has 0 saturated heterocycles. The molecule has 0 aliphatic carbocycles. The zero-order chi connectivity index (χ0) is 14.6. The smallest absolute Gasteiger partial charge is 0.250 e. The molecule has 4 nitrogen and oxygen atoms in total. The highest BCUT2D eigenvalue weighted by Gasteiger charge is 2.15. The molecule has 20 heavy (non-hydrogen) atoms. The van der Waals surface area contributed by atoms with E-state index in [0.29, 0.717) is 22.9 Å². The minimum atomic E-state index is -3.50. The van der Waals surface area contributed by atoms with Gasteiger partial charge in [0.25, 0.3) is 0 Å². The van der Waals surface area contributed by atoms with Crippen LogP contribution in [0.5, 0.6) is 0 Å². The van der Waals surface area contributed by atoms with Crippen LogP contribution in [0.15, 0.2) is 40.6 Å². The fourth-order valence-corrected chi connectivity index (χ4v) is 4.06.